The van der Waals surface area contributed by atoms with Crippen LogP contribution in [0.25, 0.3) is 0 Å². The molecular weight excluding hydrogens is 424 g/mol. The van der Waals surface area contributed by atoms with Gasteiger partial charge in [0.25, 0.3) is 11.8 Å². The normalized spacial score (nSPS) is 13.8. The molecule has 1 N–H and O–H groups in total. The van der Waals surface area contributed by atoms with Gasteiger partial charge in [-0.15, -0.1) is 0 Å². The molecule has 1 fully saturated rings. The summed E-state index contributed by atoms with van der Waals surface area (Å²) in [5, 5.41) is 2.92. The lowest BCUT2D eigenvalue weighted by molar-refractivity contribution is -0.131. The lowest BCUT2D eigenvalue weighted by Gasteiger charge is -2.32. The summed E-state index contributed by atoms with van der Waals surface area (Å²) in [6.45, 7) is 5.56. The van der Waals surface area contributed by atoms with Crippen LogP contribution in [0.15, 0.2) is 48.5 Å². The molecule has 8 nitrogen and oxygen atoms in total. The van der Waals surface area contributed by atoms with E-state index >= 15 is 0 Å². The largest absolute Gasteiger partial charge is 0.494 e. The topological polar surface area (TPSA) is 94.2 Å². The molecule has 0 radical (unpaired) electrons. The number of benzene rings is 2. The van der Waals surface area contributed by atoms with Crippen LogP contribution in [0.1, 0.15) is 37.0 Å². The van der Waals surface area contributed by atoms with Gasteiger partial charge in [-0.2, -0.15) is 0 Å². The third kappa shape index (κ3) is 7.52. The number of likely N-dealkylation sites (tertiary alicyclic amines) is 1. The molecule has 1 aliphatic heterocycles. The summed E-state index contributed by atoms with van der Waals surface area (Å²) in [7, 11) is 0. The zero-order valence-corrected chi connectivity index (χ0v) is 19.0. The zero-order chi connectivity index (χ0) is 23.6. The Bertz CT molecular complexity index is 952. The number of carbonyl (C=O) groups is 3. The highest BCUT2D eigenvalue weighted by molar-refractivity contribution is 5.94. The smallest absolute Gasteiger partial charge is 0.308 e. The Morgan fingerprint density at radius 1 is 0.970 bits per heavy atom. The van der Waals surface area contributed by atoms with E-state index in [1.54, 1.807) is 53.4 Å². The predicted molar refractivity (Wildman–Crippen MR) is 122 cm³/mol. The van der Waals surface area contributed by atoms with Gasteiger partial charge in [-0.25, -0.2) is 0 Å². The van der Waals surface area contributed by atoms with Crippen LogP contribution in [-0.2, 0) is 9.59 Å². The minimum atomic E-state index is -0.424. The second-order valence-corrected chi connectivity index (χ2v) is 7.85. The first-order valence-electron chi connectivity index (χ1n) is 11.1. The van der Waals surface area contributed by atoms with E-state index in [0.717, 1.165) is 18.6 Å². The van der Waals surface area contributed by atoms with Crippen molar-refractivity contribution in [3.63, 3.8) is 0 Å². The fourth-order valence-corrected chi connectivity index (χ4v) is 3.64. The molecule has 3 rings (SSSR count). The van der Waals surface area contributed by atoms with E-state index in [9.17, 15) is 14.4 Å². The number of carbonyl (C=O) groups excluding carboxylic acids is 3. The number of amides is 2. The first-order chi connectivity index (χ1) is 15.9. The van der Waals surface area contributed by atoms with Crippen molar-refractivity contribution in [2.24, 2.45) is 5.92 Å². The van der Waals surface area contributed by atoms with Crippen LogP contribution in [0, 0.1) is 5.92 Å². The molecule has 0 saturated carbocycles. The van der Waals surface area contributed by atoms with Gasteiger partial charge in [-0.05, 0) is 68.1 Å². The summed E-state index contributed by atoms with van der Waals surface area (Å²) in [4.78, 5) is 37.8. The number of ether oxygens (including phenoxy) is 3. The molecule has 2 aromatic rings. The molecule has 33 heavy (non-hydrogen) atoms. The number of esters is 1. The van der Waals surface area contributed by atoms with Crippen LogP contribution in [-0.4, -0.2) is 55.5 Å². The summed E-state index contributed by atoms with van der Waals surface area (Å²) in [5.41, 5.74) is 0.493. The van der Waals surface area contributed by atoms with E-state index in [2.05, 4.69) is 5.32 Å². The second-order valence-electron chi connectivity index (χ2n) is 7.85. The van der Waals surface area contributed by atoms with Gasteiger partial charge >= 0.3 is 5.97 Å². The first kappa shape index (κ1) is 24.1. The third-order valence-electron chi connectivity index (χ3n) is 5.34. The number of nitrogens with one attached hydrogen (secondary N) is 1. The maximum atomic E-state index is 12.8. The Kier molecular flexibility index (Phi) is 8.69. The van der Waals surface area contributed by atoms with Gasteiger partial charge in [0, 0.05) is 32.1 Å². The third-order valence-corrected chi connectivity index (χ3v) is 5.34. The van der Waals surface area contributed by atoms with Crippen LogP contribution in [0.4, 0.5) is 0 Å². The van der Waals surface area contributed by atoms with Crippen molar-refractivity contribution >= 4 is 17.8 Å². The van der Waals surface area contributed by atoms with Crippen molar-refractivity contribution in [2.45, 2.75) is 26.7 Å². The van der Waals surface area contributed by atoms with E-state index in [-0.39, 0.29) is 18.4 Å². The average molecular weight is 455 g/mol. The molecule has 0 bridgehead atoms. The van der Waals surface area contributed by atoms with Gasteiger partial charge in [-0.3, -0.25) is 14.4 Å². The first-order valence-corrected chi connectivity index (χ1v) is 11.1. The van der Waals surface area contributed by atoms with Crippen molar-refractivity contribution in [1.82, 2.24) is 10.2 Å². The van der Waals surface area contributed by atoms with Crippen molar-refractivity contribution in [3.05, 3.63) is 54.1 Å². The molecule has 1 heterocycles. The predicted octanol–water partition coefficient (Wildman–Crippen LogP) is 3.06. The van der Waals surface area contributed by atoms with Crippen LogP contribution in [0.3, 0.4) is 0 Å². The Morgan fingerprint density at radius 3 is 2.27 bits per heavy atom. The molecule has 1 aliphatic rings. The quantitative estimate of drug-likeness (QED) is 0.462. The summed E-state index contributed by atoms with van der Waals surface area (Å²) in [6, 6.07) is 13.8. The van der Waals surface area contributed by atoms with Crippen molar-refractivity contribution in [2.75, 3.05) is 32.8 Å². The molecule has 0 atom stereocenters. The zero-order valence-electron chi connectivity index (χ0n) is 19.0. The standard InChI is InChI=1S/C25H30N2O6/c1-3-31-21-7-9-22(10-8-21)32-17-24(29)26-16-19-11-13-27(14-12-19)25(30)20-5-4-6-23(15-20)33-18(2)28/h4-10,15,19H,3,11-14,16-17H2,1-2H3,(H,26,29). The van der Waals surface area contributed by atoms with E-state index in [1.807, 2.05) is 6.92 Å². The highest BCUT2D eigenvalue weighted by atomic mass is 16.5. The highest BCUT2D eigenvalue weighted by Crippen LogP contribution is 2.21. The highest BCUT2D eigenvalue weighted by Gasteiger charge is 2.24. The number of hydrogen-bond donors (Lipinski definition) is 1. The Balaban J connectivity index is 1.38. The van der Waals surface area contributed by atoms with Crippen LogP contribution < -0.4 is 19.5 Å². The molecular formula is C25H30N2O6. The summed E-state index contributed by atoms with van der Waals surface area (Å²) < 4.78 is 16.0. The van der Waals surface area contributed by atoms with Gasteiger partial charge in [0.05, 0.1) is 6.61 Å². The molecule has 8 heteroatoms. The van der Waals surface area contributed by atoms with E-state index < -0.39 is 5.97 Å². The van der Waals surface area contributed by atoms with Gasteiger partial charge in [-0.1, -0.05) is 6.07 Å². The monoisotopic (exact) mass is 454 g/mol. The number of nitrogens with zero attached hydrogens (tertiary/aromatic N) is 1. The second kappa shape index (κ2) is 11.9. The molecule has 0 aliphatic carbocycles. The van der Waals surface area contributed by atoms with Crippen LogP contribution in [0.5, 0.6) is 17.2 Å². The van der Waals surface area contributed by atoms with Gasteiger partial charge in [0.2, 0.25) is 0 Å². The molecule has 1 saturated heterocycles. The van der Waals surface area contributed by atoms with Crippen LogP contribution >= 0.6 is 0 Å². The molecule has 2 amide bonds. The molecule has 0 aromatic heterocycles. The molecule has 176 valence electrons. The summed E-state index contributed by atoms with van der Waals surface area (Å²) in [5.74, 6) is 1.34. The average Bonchev–Trinajstić information content (AvgIpc) is 2.82. The SMILES string of the molecule is CCOc1ccc(OCC(=O)NCC2CCN(C(=O)c3cccc(OC(C)=O)c3)CC2)cc1. The Morgan fingerprint density at radius 2 is 1.64 bits per heavy atom. The lowest BCUT2D eigenvalue weighted by Crippen LogP contribution is -2.42. The van der Waals surface area contributed by atoms with Crippen LogP contribution in [0.2, 0.25) is 0 Å². The van der Waals surface area contributed by atoms with E-state index in [0.29, 0.717) is 49.2 Å². The number of rotatable bonds is 9. The summed E-state index contributed by atoms with van der Waals surface area (Å²) >= 11 is 0. The van der Waals surface area contributed by atoms with Gasteiger partial charge < -0.3 is 24.4 Å². The van der Waals surface area contributed by atoms with Crippen molar-refractivity contribution in [3.8, 4) is 17.2 Å². The van der Waals surface area contributed by atoms with Crippen molar-refractivity contribution in [1.29, 1.82) is 0 Å². The fraction of sp³-hybridized carbons (Fsp3) is 0.400. The fourth-order valence-electron chi connectivity index (χ4n) is 3.64. The van der Waals surface area contributed by atoms with E-state index in [4.69, 9.17) is 14.2 Å². The lowest BCUT2D eigenvalue weighted by atomic mass is 9.96. The summed E-state index contributed by atoms with van der Waals surface area (Å²) in [6.07, 6.45) is 1.60. The number of hydrogen-bond acceptors (Lipinski definition) is 6. The molecule has 2 aromatic carbocycles. The van der Waals surface area contributed by atoms with E-state index in [1.165, 1.54) is 6.92 Å². The molecule has 0 spiro atoms. The number of piperidine rings is 1. The molecule has 0 unspecified atom stereocenters. The Labute approximate surface area is 193 Å². The van der Waals surface area contributed by atoms with Crippen molar-refractivity contribution < 1.29 is 28.6 Å². The van der Waals surface area contributed by atoms with Gasteiger partial charge in [0.15, 0.2) is 6.61 Å². The van der Waals surface area contributed by atoms with Gasteiger partial charge in [0.1, 0.15) is 17.2 Å². The maximum Gasteiger partial charge on any atom is 0.308 e. The minimum absolute atomic E-state index is 0.0516. The Hall–Kier alpha value is -3.55. The minimum Gasteiger partial charge on any atom is -0.494 e. The maximum absolute atomic E-state index is 12.8.